The van der Waals surface area contributed by atoms with Gasteiger partial charge in [-0.1, -0.05) is 24.3 Å². The van der Waals surface area contributed by atoms with Crippen LogP contribution in [0.1, 0.15) is 5.56 Å². The summed E-state index contributed by atoms with van der Waals surface area (Å²) in [5.74, 6) is 0.792. The first-order chi connectivity index (χ1) is 8.93. The van der Waals surface area contributed by atoms with Gasteiger partial charge in [0, 0.05) is 11.8 Å². The van der Waals surface area contributed by atoms with Gasteiger partial charge in [-0.3, -0.25) is 0 Å². The fraction of sp³-hybridized carbons (Fsp3) is 0.200. The van der Waals surface area contributed by atoms with Crippen molar-refractivity contribution in [3.8, 4) is 16.9 Å². The first-order valence-corrected chi connectivity index (χ1v) is 7.76. The molecular formula is C15H16O3S. The second-order valence-corrected chi connectivity index (χ2v) is 6.44. The molecule has 3 nitrogen and oxygen atoms in total. The van der Waals surface area contributed by atoms with Crippen LogP contribution < -0.4 is 4.74 Å². The summed E-state index contributed by atoms with van der Waals surface area (Å²) < 4.78 is 28.8. The zero-order valence-electron chi connectivity index (χ0n) is 11.2. The Morgan fingerprint density at radius 3 is 2.32 bits per heavy atom. The molecule has 4 heteroatoms. The zero-order valence-corrected chi connectivity index (χ0v) is 12.0. The van der Waals surface area contributed by atoms with Crippen molar-refractivity contribution < 1.29 is 13.2 Å². The summed E-state index contributed by atoms with van der Waals surface area (Å²) in [5.41, 5.74) is 2.57. The van der Waals surface area contributed by atoms with Gasteiger partial charge in [-0.15, -0.1) is 0 Å². The van der Waals surface area contributed by atoms with Crippen LogP contribution in [0.3, 0.4) is 0 Å². The van der Waals surface area contributed by atoms with Crippen LogP contribution in [0.4, 0.5) is 0 Å². The molecule has 0 bridgehead atoms. The molecule has 2 aromatic rings. The molecule has 0 amide bonds. The zero-order chi connectivity index (χ0) is 14.0. The van der Waals surface area contributed by atoms with E-state index in [-0.39, 0.29) is 0 Å². The van der Waals surface area contributed by atoms with E-state index in [9.17, 15) is 8.42 Å². The highest BCUT2D eigenvalue weighted by Crippen LogP contribution is 2.30. The molecule has 0 fully saturated rings. The molecule has 0 aliphatic heterocycles. The lowest BCUT2D eigenvalue weighted by Gasteiger charge is -2.10. The molecule has 0 radical (unpaired) electrons. The van der Waals surface area contributed by atoms with Gasteiger partial charge in [-0.2, -0.15) is 0 Å². The van der Waals surface area contributed by atoms with Crippen molar-refractivity contribution >= 4 is 9.84 Å². The molecule has 0 aliphatic carbocycles. The van der Waals surface area contributed by atoms with E-state index in [0.717, 1.165) is 22.4 Å². The minimum Gasteiger partial charge on any atom is -0.496 e. The third kappa shape index (κ3) is 2.79. The van der Waals surface area contributed by atoms with Gasteiger partial charge in [-0.25, -0.2) is 8.42 Å². The van der Waals surface area contributed by atoms with Crippen molar-refractivity contribution in [1.29, 1.82) is 0 Å². The highest BCUT2D eigenvalue weighted by Gasteiger charge is 2.14. The van der Waals surface area contributed by atoms with Crippen molar-refractivity contribution in [2.45, 2.75) is 11.8 Å². The topological polar surface area (TPSA) is 43.4 Å². The summed E-state index contributed by atoms with van der Waals surface area (Å²) in [5, 5.41) is 0. The molecule has 19 heavy (non-hydrogen) atoms. The number of benzene rings is 2. The highest BCUT2D eigenvalue weighted by atomic mass is 32.2. The molecule has 100 valence electrons. The maximum atomic E-state index is 11.8. The normalized spacial score (nSPS) is 11.3. The van der Waals surface area contributed by atoms with Crippen LogP contribution in [0.5, 0.6) is 5.75 Å². The number of ether oxygens (including phenoxy) is 1. The number of hydrogen-bond acceptors (Lipinski definition) is 3. The van der Waals surface area contributed by atoms with Gasteiger partial charge < -0.3 is 4.74 Å². The van der Waals surface area contributed by atoms with Crippen molar-refractivity contribution in [2.75, 3.05) is 13.4 Å². The summed E-state index contributed by atoms with van der Waals surface area (Å²) in [7, 11) is -1.62. The molecule has 0 saturated carbocycles. The fourth-order valence-corrected chi connectivity index (χ4v) is 2.99. The maximum absolute atomic E-state index is 11.8. The summed E-state index contributed by atoms with van der Waals surface area (Å²) in [6, 6.07) is 12.7. The first kappa shape index (κ1) is 13.6. The van der Waals surface area contributed by atoms with Crippen molar-refractivity contribution in [2.24, 2.45) is 0 Å². The van der Waals surface area contributed by atoms with Crippen LogP contribution in [0, 0.1) is 6.92 Å². The maximum Gasteiger partial charge on any atom is 0.176 e. The second-order valence-electron chi connectivity index (χ2n) is 4.45. The summed E-state index contributed by atoms with van der Waals surface area (Å²) >= 11 is 0. The summed E-state index contributed by atoms with van der Waals surface area (Å²) in [6.45, 7) is 1.94. The number of sulfone groups is 1. The van der Waals surface area contributed by atoms with Gasteiger partial charge in [0.15, 0.2) is 9.84 Å². The predicted octanol–water partition coefficient (Wildman–Crippen LogP) is 3.07. The third-order valence-electron chi connectivity index (χ3n) is 2.99. The van der Waals surface area contributed by atoms with Crippen LogP contribution in [0.25, 0.3) is 11.1 Å². The van der Waals surface area contributed by atoms with Crippen molar-refractivity contribution in [1.82, 2.24) is 0 Å². The van der Waals surface area contributed by atoms with Gasteiger partial charge in [0.05, 0.1) is 12.0 Å². The minimum absolute atomic E-state index is 0.347. The highest BCUT2D eigenvalue weighted by molar-refractivity contribution is 7.90. The molecule has 0 saturated heterocycles. The van der Waals surface area contributed by atoms with E-state index in [1.54, 1.807) is 19.2 Å². The Labute approximate surface area is 113 Å². The average Bonchev–Trinajstić information content (AvgIpc) is 2.37. The average molecular weight is 276 g/mol. The smallest absolute Gasteiger partial charge is 0.176 e. The van der Waals surface area contributed by atoms with Crippen LogP contribution in [0.15, 0.2) is 47.4 Å². The number of rotatable bonds is 3. The molecule has 0 spiro atoms. The standard InChI is InChI=1S/C15H16O3S/c1-11-10-12(8-9-14(11)18-2)13-6-4-5-7-15(13)19(3,16)17/h4-10H,1-3H3. The van der Waals surface area contributed by atoms with Crippen molar-refractivity contribution in [3.63, 3.8) is 0 Å². The Balaban J connectivity index is 2.63. The van der Waals surface area contributed by atoms with E-state index in [2.05, 4.69) is 0 Å². The van der Waals surface area contributed by atoms with Gasteiger partial charge in [0.2, 0.25) is 0 Å². The van der Waals surface area contributed by atoms with E-state index in [1.807, 2.05) is 37.3 Å². The number of methoxy groups -OCH3 is 1. The Hall–Kier alpha value is -1.81. The van der Waals surface area contributed by atoms with Gasteiger partial charge in [0.1, 0.15) is 5.75 Å². The lowest BCUT2D eigenvalue weighted by atomic mass is 10.0. The quantitative estimate of drug-likeness (QED) is 0.865. The van der Waals surface area contributed by atoms with Gasteiger partial charge in [-0.05, 0) is 36.2 Å². The molecular weight excluding hydrogens is 260 g/mol. The van der Waals surface area contributed by atoms with E-state index in [1.165, 1.54) is 6.26 Å². The molecule has 2 aromatic carbocycles. The number of hydrogen-bond donors (Lipinski definition) is 0. The lowest BCUT2D eigenvalue weighted by Crippen LogP contribution is -1.99. The molecule has 0 unspecified atom stereocenters. The van der Waals surface area contributed by atoms with Gasteiger partial charge >= 0.3 is 0 Å². The number of aryl methyl sites for hydroxylation is 1. The monoisotopic (exact) mass is 276 g/mol. The van der Waals surface area contributed by atoms with E-state index < -0.39 is 9.84 Å². The van der Waals surface area contributed by atoms with E-state index >= 15 is 0 Å². The van der Waals surface area contributed by atoms with Crippen LogP contribution in [0.2, 0.25) is 0 Å². The van der Waals surface area contributed by atoms with Crippen LogP contribution >= 0.6 is 0 Å². The Kier molecular flexibility index (Phi) is 3.62. The van der Waals surface area contributed by atoms with Gasteiger partial charge in [0.25, 0.3) is 0 Å². The minimum atomic E-state index is -3.24. The Bertz CT molecular complexity index is 703. The molecule has 0 aliphatic rings. The predicted molar refractivity (Wildman–Crippen MR) is 76.3 cm³/mol. The van der Waals surface area contributed by atoms with Crippen LogP contribution in [-0.2, 0) is 9.84 Å². The molecule has 2 rings (SSSR count). The Morgan fingerprint density at radius 1 is 1.05 bits per heavy atom. The Morgan fingerprint density at radius 2 is 1.74 bits per heavy atom. The van der Waals surface area contributed by atoms with E-state index in [4.69, 9.17) is 4.74 Å². The lowest BCUT2D eigenvalue weighted by molar-refractivity contribution is 0.412. The van der Waals surface area contributed by atoms with Crippen molar-refractivity contribution in [3.05, 3.63) is 48.0 Å². The second kappa shape index (κ2) is 5.05. The van der Waals surface area contributed by atoms with Crippen LogP contribution in [-0.4, -0.2) is 21.8 Å². The molecule has 0 aromatic heterocycles. The summed E-state index contributed by atoms with van der Waals surface area (Å²) in [4.78, 5) is 0.347. The van der Waals surface area contributed by atoms with E-state index in [0.29, 0.717) is 4.90 Å². The first-order valence-electron chi connectivity index (χ1n) is 5.87. The third-order valence-corrected chi connectivity index (χ3v) is 4.15. The fourth-order valence-electron chi connectivity index (χ4n) is 2.07. The molecule has 0 atom stereocenters. The summed E-state index contributed by atoms with van der Waals surface area (Å²) in [6.07, 6.45) is 1.22. The SMILES string of the molecule is COc1ccc(-c2ccccc2S(C)(=O)=O)cc1C. The molecule has 0 N–H and O–H groups in total. The largest absolute Gasteiger partial charge is 0.496 e. The molecule has 0 heterocycles.